The van der Waals surface area contributed by atoms with E-state index in [9.17, 15) is 4.79 Å². The number of hydrogen-bond acceptors (Lipinski definition) is 2. The van der Waals surface area contributed by atoms with E-state index in [1.165, 1.54) is 6.04 Å². The lowest BCUT2D eigenvalue weighted by atomic mass is 10.3. The van der Waals surface area contributed by atoms with Crippen LogP contribution < -0.4 is 0 Å². The van der Waals surface area contributed by atoms with Crippen molar-refractivity contribution >= 4 is 14.0 Å². The lowest BCUT2D eigenvalue weighted by molar-refractivity contribution is -0.140. The maximum atomic E-state index is 11.3. The fourth-order valence-corrected chi connectivity index (χ4v) is 5.02. The Balaban J connectivity index is 3.93. The van der Waals surface area contributed by atoms with Gasteiger partial charge in [0.1, 0.15) is 0 Å². The zero-order chi connectivity index (χ0) is 10.5. The topological polar surface area (TPSA) is 26.3 Å². The summed E-state index contributed by atoms with van der Waals surface area (Å²) in [4.78, 5) is 11.3. The van der Waals surface area contributed by atoms with Gasteiger partial charge in [-0.05, 0) is 12.8 Å². The Morgan fingerprint density at radius 1 is 1.38 bits per heavy atom. The monoisotopic (exact) mass is 202 g/mol. The fraction of sp³-hybridized carbons (Fsp3) is 0.900. The Bertz CT molecular complexity index is 164. The van der Waals surface area contributed by atoms with Gasteiger partial charge in [0, 0.05) is 6.04 Å². The molecule has 0 atom stereocenters. The molecule has 0 heterocycles. The molecule has 0 aliphatic heterocycles. The quantitative estimate of drug-likeness (QED) is 0.506. The van der Waals surface area contributed by atoms with Crippen molar-refractivity contribution in [2.75, 3.05) is 6.61 Å². The summed E-state index contributed by atoms with van der Waals surface area (Å²) in [6.45, 7) is 11.3. The van der Waals surface area contributed by atoms with Gasteiger partial charge in [-0.3, -0.25) is 4.79 Å². The first-order chi connectivity index (χ1) is 5.87. The van der Waals surface area contributed by atoms with Gasteiger partial charge in [0.05, 0.1) is 14.7 Å². The van der Waals surface area contributed by atoms with E-state index in [-0.39, 0.29) is 5.97 Å². The van der Waals surface area contributed by atoms with Gasteiger partial charge in [-0.25, -0.2) is 0 Å². The van der Waals surface area contributed by atoms with E-state index in [0.717, 1.165) is 0 Å². The lowest BCUT2D eigenvalue weighted by Crippen LogP contribution is -2.31. The van der Waals surface area contributed by atoms with E-state index in [0.29, 0.717) is 18.6 Å². The van der Waals surface area contributed by atoms with Crippen molar-refractivity contribution < 1.29 is 9.53 Å². The number of hydrogen-bond donors (Lipinski definition) is 0. The third-order valence-electron chi connectivity index (χ3n) is 1.89. The molecule has 13 heavy (non-hydrogen) atoms. The van der Waals surface area contributed by atoms with E-state index in [1.54, 1.807) is 0 Å². The average molecular weight is 202 g/mol. The van der Waals surface area contributed by atoms with E-state index >= 15 is 0 Å². The van der Waals surface area contributed by atoms with Crippen LogP contribution in [0.4, 0.5) is 0 Å². The lowest BCUT2D eigenvalue weighted by Gasteiger charge is -2.23. The van der Waals surface area contributed by atoms with Crippen LogP contribution in [0.3, 0.4) is 0 Å². The smallest absolute Gasteiger partial charge is 0.303 e. The normalized spacial score (nSPS) is 11.8. The summed E-state index contributed by atoms with van der Waals surface area (Å²) in [7, 11) is -1.34. The molecular weight excluding hydrogens is 180 g/mol. The SMILES string of the molecule is CCOC(=O)C[Si](C)(C)CC(C)C. The van der Waals surface area contributed by atoms with Gasteiger partial charge >= 0.3 is 5.97 Å². The van der Waals surface area contributed by atoms with E-state index in [2.05, 4.69) is 26.9 Å². The molecule has 0 spiro atoms. The molecule has 0 fully saturated rings. The summed E-state index contributed by atoms with van der Waals surface area (Å²) in [5.74, 6) is 0.677. The van der Waals surface area contributed by atoms with Gasteiger partial charge in [-0.15, -0.1) is 0 Å². The first kappa shape index (κ1) is 12.7. The maximum Gasteiger partial charge on any atom is 0.303 e. The molecule has 0 unspecified atom stereocenters. The summed E-state index contributed by atoms with van der Waals surface area (Å²) in [6, 6.07) is 1.87. The highest BCUT2D eigenvalue weighted by atomic mass is 28.3. The largest absolute Gasteiger partial charge is 0.466 e. The van der Waals surface area contributed by atoms with E-state index < -0.39 is 8.07 Å². The highest BCUT2D eigenvalue weighted by Gasteiger charge is 2.25. The van der Waals surface area contributed by atoms with Crippen LogP contribution in [-0.2, 0) is 9.53 Å². The van der Waals surface area contributed by atoms with Crippen molar-refractivity contribution in [1.29, 1.82) is 0 Å². The van der Waals surface area contributed by atoms with Crippen LogP contribution in [0.5, 0.6) is 0 Å². The van der Waals surface area contributed by atoms with Crippen LogP contribution in [0, 0.1) is 5.92 Å². The molecule has 0 bridgehead atoms. The molecule has 0 saturated carbocycles. The molecule has 0 aromatic carbocycles. The number of carbonyl (C=O) groups is 1. The van der Waals surface area contributed by atoms with Gasteiger partial charge < -0.3 is 4.74 Å². The second kappa shape index (κ2) is 5.42. The molecular formula is C10H22O2Si. The number of ether oxygens (including phenoxy) is 1. The summed E-state index contributed by atoms with van der Waals surface area (Å²) in [6.07, 6.45) is 0. The summed E-state index contributed by atoms with van der Waals surface area (Å²) in [5.41, 5.74) is 0. The van der Waals surface area contributed by atoms with Crippen molar-refractivity contribution in [3.63, 3.8) is 0 Å². The van der Waals surface area contributed by atoms with Crippen molar-refractivity contribution in [3.8, 4) is 0 Å². The van der Waals surface area contributed by atoms with Crippen LogP contribution in [0.1, 0.15) is 20.8 Å². The molecule has 2 nitrogen and oxygen atoms in total. The minimum absolute atomic E-state index is 0.0141. The molecule has 0 rings (SSSR count). The Kier molecular flexibility index (Phi) is 5.29. The third-order valence-corrected chi connectivity index (χ3v) is 5.06. The second-order valence-corrected chi connectivity index (χ2v) is 9.83. The van der Waals surface area contributed by atoms with Crippen molar-refractivity contribution in [2.45, 2.75) is 46.0 Å². The minimum atomic E-state index is -1.34. The van der Waals surface area contributed by atoms with Crippen LogP contribution in [0.25, 0.3) is 0 Å². The molecule has 0 amide bonds. The van der Waals surface area contributed by atoms with Gasteiger partial charge in [-0.1, -0.05) is 33.0 Å². The molecule has 0 radical (unpaired) electrons. The zero-order valence-corrected chi connectivity index (χ0v) is 10.5. The van der Waals surface area contributed by atoms with Crippen molar-refractivity contribution in [2.24, 2.45) is 5.92 Å². The van der Waals surface area contributed by atoms with E-state index in [4.69, 9.17) is 4.74 Å². The van der Waals surface area contributed by atoms with Gasteiger partial charge in [0.15, 0.2) is 0 Å². The number of carbonyl (C=O) groups excluding carboxylic acids is 1. The maximum absolute atomic E-state index is 11.3. The zero-order valence-electron chi connectivity index (χ0n) is 9.52. The van der Waals surface area contributed by atoms with Crippen LogP contribution >= 0.6 is 0 Å². The molecule has 0 aliphatic carbocycles. The van der Waals surface area contributed by atoms with Crippen LogP contribution in [0.2, 0.25) is 25.2 Å². The molecule has 0 aromatic heterocycles. The Labute approximate surface area is 82.7 Å². The molecule has 0 aromatic rings. The highest BCUT2D eigenvalue weighted by Crippen LogP contribution is 2.21. The van der Waals surface area contributed by atoms with Crippen molar-refractivity contribution in [1.82, 2.24) is 0 Å². The fourth-order valence-electron chi connectivity index (χ4n) is 1.78. The standard InChI is InChI=1S/C10H22O2Si/c1-6-12-10(11)8-13(4,5)7-9(2)3/h9H,6-8H2,1-5H3. The Hall–Kier alpha value is -0.313. The second-order valence-electron chi connectivity index (χ2n) is 4.74. The summed E-state index contributed by atoms with van der Waals surface area (Å²) in [5, 5.41) is 0. The van der Waals surface area contributed by atoms with Gasteiger partial charge in [-0.2, -0.15) is 0 Å². The first-order valence-electron chi connectivity index (χ1n) is 5.03. The number of esters is 1. The average Bonchev–Trinajstić information content (AvgIpc) is 1.81. The molecule has 3 heteroatoms. The minimum Gasteiger partial charge on any atom is -0.466 e. The highest BCUT2D eigenvalue weighted by molar-refractivity contribution is 6.79. The molecule has 0 N–H and O–H groups in total. The van der Waals surface area contributed by atoms with Crippen LogP contribution in [0.15, 0.2) is 0 Å². The third kappa shape index (κ3) is 6.81. The number of rotatable bonds is 5. The first-order valence-corrected chi connectivity index (χ1v) is 8.44. The summed E-state index contributed by atoms with van der Waals surface area (Å²) >= 11 is 0. The predicted molar refractivity (Wildman–Crippen MR) is 58.6 cm³/mol. The molecule has 0 aliphatic rings. The Morgan fingerprint density at radius 2 is 1.92 bits per heavy atom. The van der Waals surface area contributed by atoms with Crippen LogP contribution in [-0.4, -0.2) is 20.7 Å². The Morgan fingerprint density at radius 3 is 2.31 bits per heavy atom. The van der Waals surface area contributed by atoms with Crippen molar-refractivity contribution in [3.05, 3.63) is 0 Å². The van der Waals surface area contributed by atoms with Gasteiger partial charge in [0.2, 0.25) is 0 Å². The molecule has 78 valence electrons. The van der Waals surface area contributed by atoms with E-state index in [1.807, 2.05) is 6.92 Å². The molecule has 0 saturated heterocycles. The van der Waals surface area contributed by atoms with Gasteiger partial charge in [0.25, 0.3) is 0 Å². The summed E-state index contributed by atoms with van der Waals surface area (Å²) < 4.78 is 4.96. The predicted octanol–water partition coefficient (Wildman–Crippen LogP) is 2.91.